The van der Waals surface area contributed by atoms with Crippen LogP contribution >= 0.6 is 0 Å². The summed E-state index contributed by atoms with van der Waals surface area (Å²) >= 11 is 0. The third kappa shape index (κ3) is 4.07. The van der Waals surface area contributed by atoms with E-state index in [1.54, 1.807) is 15.4 Å². The van der Waals surface area contributed by atoms with Crippen LogP contribution in [0.15, 0.2) is 42.6 Å². The van der Waals surface area contributed by atoms with E-state index in [9.17, 15) is 9.59 Å². The Morgan fingerprint density at radius 2 is 2.03 bits per heavy atom. The summed E-state index contributed by atoms with van der Waals surface area (Å²) in [5.41, 5.74) is 2.52. The van der Waals surface area contributed by atoms with E-state index >= 15 is 0 Å². The van der Waals surface area contributed by atoms with Crippen LogP contribution in [0.5, 0.6) is 5.75 Å². The molecule has 168 valence electrons. The first-order valence-corrected chi connectivity index (χ1v) is 11.0. The van der Waals surface area contributed by atoms with Gasteiger partial charge in [-0.3, -0.25) is 14.0 Å². The van der Waals surface area contributed by atoms with Crippen LogP contribution in [0.25, 0.3) is 5.65 Å². The minimum absolute atomic E-state index is 0.0259. The van der Waals surface area contributed by atoms with Crippen molar-refractivity contribution < 1.29 is 14.3 Å². The second-order valence-electron chi connectivity index (χ2n) is 9.42. The zero-order chi connectivity index (χ0) is 23.0. The number of fused-ring (bicyclic) bond motifs is 2. The number of hydrogen-bond donors (Lipinski definition) is 1. The van der Waals surface area contributed by atoms with Crippen LogP contribution in [0.4, 0.5) is 11.4 Å². The smallest absolute Gasteiger partial charge is 0.274 e. The summed E-state index contributed by atoms with van der Waals surface area (Å²) in [5.74, 6) is 0.880. The molecule has 0 atom stereocenters. The lowest BCUT2D eigenvalue weighted by Crippen LogP contribution is -2.42. The first kappa shape index (κ1) is 21.9. The molecule has 0 radical (unpaired) electrons. The SMILES string of the molecule is Cc1nc2ccccn2c1C(=O)Nc1ccc2c(c1)N(CCC(C)C)C(=O)C(C)(C)CO2. The normalized spacial score (nSPS) is 15.4. The van der Waals surface area contributed by atoms with E-state index in [1.807, 2.05) is 57.3 Å². The Bertz CT molecular complexity index is 1180. The predicted molar refractivity (Wildman–Crippen MR) is 125 cm³/mol. The van der Waals surface area contributed by atoms with Crippen molar-refractivity contribution in [3.05, 3.63) is 54.0 Å². The highest BCUT2D eigenvalue weighted by atomic mass is 16.5. The minimum atomic E-state index is -0.632. The fourth-order valence-electron chi connectivity index (χ4n) is 3.91. The monoisotopic (exact) mass is 434 g/mol. The number of nitrogens with one attached hydrogen (secondary N) is 1. The van der Waals surface area contributed by atoms with Gasteiger partial charge in [0.2, 0.25) is 5.91 Å². The number of aromatic nitrogens is 2. The summed E-state index contributed by atoms with van der Waals surface area (Å²) in [6.45, 7) is 10.8. The second-order valence-corrected chi connectivity index (χ2v) is 9.42. The number of nitrogens with zero attached hydrogens (tertiary/aromatic N) is 3. The van der Waals surface area contributed by atoms with Gasteiger partial charge in [-0.05, 0) is 63.4 Å². The molecule has 1 aliphatic rings. The van der Waals surface area contributed by atoms with Gasteiger partial charge >= 0.3 is 0 Å². The van der Waals surface area contributed by atoms with E-state index in [0.29, 0.717) is 47.6 Å². The summed E-state index contributed by atoms with van der Waals surface area (Å²) in [6.07, 6.45) is 2.70. The van der Waals surface area contributed by atoms with Crippen LogP contribution < -0.4 is 15.0 Å². The van der Waals surface area contributed by atoms with Crippen molar-refractivity contribution in [2.45, 2.75) is 41.0 Å². The van der Waals surface area contributed by atoms with E-state index in [1.165, 1.54) is 0 Å². The maximum Gasteiger partial charge on any atom is 0.274 e. The molecule has 4 rings (SSSR count). The third-order valence-corrected chi connectivity index (χ3v) is 5.77. The highest BCUT2D eigenvalue weighted by molar-refractivity contribution is 6.05. The van der Waals surface area contributed by atoms with E-state index in [4.69, 9.17) is 4.74 Å². The largest absolute Gasteiger partial charge is 0.490 e. The number of benzene rings is 1. The number of pyridine rings is 1. The van der Waals surface area contributed by atoms with Gasteiger partial charge in [0.25, 0.3) is 5.91 Å². The van der Waals surface area contributed by atoms with Gasteiger partial charge in [0.15, 0.2) is 0 Å². The fourth-order valence-corrected chi connectivity index (χ4v) is 3.91. The number of carbonyl (C=O) groups excluding carboxylic acids is 2. The quantitative estimate of drug-likeness (QED) is 0.632. The molecule has 3 aromatic rings. The Morgan fingerprint density at radius 3 is 2.78 bits per heavy atom. The lowest BCUT2D eigenvalue weighted by Gasteiger charge is -2.28. The summed E-state index contributed by atoms with van der Waals surface area (Å²) in [6, 6.07) is 11.1. The van der Waals surface area contributed by atoms with Gasteiger partial charge in [0, 0.05) is 18.4 Å². The van der Waals surface area contributed by atoms with Crippen molar-refractivity contribution in [1.82, 2.24) is 9.38 Å². The first-order valence-electron chi connectivity index (χ1n) is 11.0. The molecule has 32 heavy (non-hydrogen) atoms. The van der Waals surface area contributed by atoms with Crippen LogP contribution in [0.1, 0.15) is 50.3 Å². The van der Waals surface area contributed by atoms with Crippen LogP contribution in [-0.4, -0.2) is 34.4 Å². The molecular weight excluding hydrogens is 404 g/mol. The molecule has 2 aromatic heterocycles. The molecule has 0 aliphatic carbocycles. The predicted octanol–water partition coefficient (Wildman–Crippen LogP) is 4.69. The van der Waals surface area contributed by atoms with Crippen LogP contribution in [0.2, 0.25) is 0 Å². The Kier molecular flexibility index (Phi) is 5.67. The lowest BCUT2D eigenvalue weighted by atomic mass is 9.92. The molecule has 7 heteroatoms. The van der Waals surface area contributed by atoms with Gasteiger partial charge in [-0.15, -0.1) is 0 Å². The molecule has 0 fully saturated rings. The van der Waals surface area contributed by atoms with Gasteiger partial charge < -0.3 is 15.0 Å². The molecular formula is C25H30N4O3. The Hall–Kier alpha value is -3.35. The summed E-state index contributed by atoms with van der Waals surface area (Å²) in [4.78, 5) is 32.7. The molecule has 0 saturated heterocycles. The number of anilines is 2. The number of ether oxygens (including phenoxy) is 1. The van der Waals surface area contributed by atoms with E-state index in [-0.39, 0.29) is 11.8 Å². The number of amides is 2. The van der Waals surface area contributed by atoms with Crippen LogP contribution in [-0.2, 0) is 4.79 Å². The third-order valence-electron chi connectivity index (χ3n) is 5.77. The van der Waals surface area contributed by atoms with Crippen molar-refractivity contribution in [3.8, 4) is 5.75 Å². The number of rotatable bonds is 5. The minimum Gasteiger partial charge on any atom is -0.490 e. The zero-order valence-electron chi connectivity index (χ0n) is 19.3. The van der Waals surface area contributed by atoms with Gasteiger partial charge in [-0.2, -0.15) is 0 Å². The standard InChI is InChI=1S/C25H30N4O3/c1-16(2)11-13-28-19-14-18(9-10-20(19)32-15-25(4,5)24(28)31)27-23(30)22-17(3)26-21-8-6-7-12-29(21)22/h6-10,12,14,16H,11,13,15H2,1-5H3,(H,27,30). The van der Waals surface area contributed by atoms with E-state index < -0.39 is 5.41 Å². The van der Waals surface area contributed by atoms with Crippen molar-refractivity contribution >= 4 is 28.8 Å². The average molecular weight is 435 g/mol. The Morgan fingerprint density at radius 1 is 1.25 bits per heavy atom. The van der Waals surface area contributed by atoms with Crippen LogP contribution in [0.3, 0.4) is 0 Å². The first-order chi connectivity index (χ1) is 15.2. The molecule has 0 spiro atoms. The Labute approximate surface area is 188 Å². The van der Waals surface area contributed by atoms with Gasteiger partial charge in [0.1, 0.15) is 23.7 Å². The molecule has 0 saturated carbocycles. The summed E-state index contributed by atoms with van der Waals surface area (Å²) < 4.78 is 7.77. The molecule has 2 amide bonds. The van der Waals surface area contributed by atoms with Crippen LogP contribution in [0, 0.1) is 18.3 Å². The fraction of sp³-hybridized carbons (Fsp3) is 0.400. The highest BCUT2D eigenvalue weighted by Gasteiger charge is 2.37. The summed E-state index contributed by atoms with van der Waals surface area (Å²) in [7, 11) is 0. The molecule has 1 aliphatic heterocycles. The molecule has 0 unspecified atom stereocenters. The van der Waals surface area contributed by atoms with Crippen molar-refractivity contribution in [2.75, 3.05) is 23.4 Å². The maximum atomic E-state index is 13.3. The van der Waals surface area contributed by atoms with Gasteiger partial charge in [-0.1, -0.05) is 19.9 Å². The molecule has 0 bridgehead atoms. The van der Waals surface area contributed by atoms with Gasteiger partial charge in [0.05, 0.1) is 16.8 Å². The number of carbonyl (C=O) groups is 2. The molecule has 1 aromatic carbocycles. The zero-order valence-corrected chi connectivity index (χ0v) is 19.3. The molecule has 3 heterocycles. The highest BCUT2D eigenvalue weighted by Crippen LogP contribution is 2.38. The van der Waals surface area contributed by atoms with E-state index in [2.05, 4.69) is 24.1 Å². The topological polar surface area (TPSA) is 75.9 Å². The summed E-state index contributed by atoms with van der Waals surface area (Å²) in [5, 5.41) is 2.98. The molecule has 7 nitrogen and oxygen atoms in total. The number of hydrogen-bond acceptors (Lipinski definition) is 4. The Balaban J connectivity index is 1.67. The van der Waals surface area contributed by atoms with Crippen molar-refractivity contribution in [1.29, 1.82) is 0 Å². The number of imidazole rings is 1. The second kappa shape index (κ2) is 8.30. The lowest BCUT2D eigenvalue weighted by molar-refractivity contribution is -0.127. The van der Waals surface area contributed by atoms with E-state index in [0.717, 1.165) is 12.1 Å². The molecule has 1 N–H and O–H groups in total. The van der Waals surface area contributed by atoms with Crippen molar-refractivity contribution in [3.63, 3.8) is 0 Å². The van der Waals surface area contributed by atoms with Gasteiger partial charge in [-0.25, -0.2) is 4.98 Å². The average Bonchev–Trinajstić information content (AvgIpc) is 3.04. The number of aryl methyl sites for hydroxylation is 1. The maximum absolute atomic E-state index is 13.3. The van der Waals surface area contributed by atoms with Crippen molar-refractivity contribution in [2.24, 2.45) is 11.3 Å².